The summed E-state index contributed by atoms with van der Waals surface area (Å²) >= 11 is 0. The van der Waals surface area contributed by atoms with Crippen molar-refractivity contribution in [3.05, 3.63) is 0 Å². The van der Waals surface area contributed by atoms with E-state index in [9.17, 15) is 9.59 Å². The molecule has 2 unspecified atom stereocenters. The van der Waals surface area contributed by atoms with Crippen LogP contribution in [0.25, 0.3) is 0 Å². The first-order chi connectivity index (χ1) is 12.0. The highest BCUT2D eigenvalue weighted by molar-refractivity contribution is 5.80. The lowest BCUT2D eigenvalue weighted by Crippen LogP contribution is -2.52. The van der Waals surface area contributed by atoms with Crippen LogP contribution in [0.3, 0.4) is 0 Å². The SMILES string of the molecule is CC1CCCCN1C(C)CNC(=O)N1CCC(C(=O)NC2CC2)CC1. The molecule has 3 rings (SSSR count). The summed E-state index contributed by atoms with van der Waals surface area (Å²) in [7, 11) is 0. The van der Waals surface area contributed by atoms with E-state index in [0.717, 1.165) is 32.2 Å². The summed E-state index contributed by atoms with van der Waals surface area (Å²) in [6, 6.07) is 1.44. The number of carbonyl (C=O) groups is 2. The average Bonchev–Trinajstić information content (AvgIpc) is 3.44. The van der Waals surface area contributed by atoms with Crippen molar-refractivity contribution in [3.8, 4) is 0 Å². The van der Waals surface area contributed by atoms with Gasteiger partial charge in [-0.1, -0.05) is 6.42 Å². The van der Waals surface area contributed by atoms with Crippen LogP contribution in [0, 0.1) is 5.92 Å². The van der Waals surface area contributed by atoms with Crippen molar-refractivity contribution in [1.29, 1.82) is 0 Å². The molecule has 0 aromatic carbocycles. The van der Waals surface area contributed by atoms with Crippen LogP contribution in [0.2, 0.25) is 0 Å². The van der Waals surface area contributed by atoms with Gasteiger partial charge in [-0.05, 0) is 58.9 Å². The van der Waals surface area contributed by atoms with Gasteiger partial charge in [0.05, 0.1) is 0 Å². The van der Waals surface area contributed by atoms with Crippen LogP contribution in [0.4, 0.5) is 4.79 Å². The fourth-order valence-electron chi connectivity index (χ4n) is 4.13. The minimum atomic E-state index is 0.0255. The van der Waals surface area contributed by atoms with Gasteiger partial charge in [0.1, 0.15) is 0 Å². The molecule has 6 heteroatoms. The molecule has 2 aliphatic heterocycles. The zero-order valence-corrected chi connectivity index (χ0v) is 15.8. The lowest BCUT2D eigenvalue weighted by molar-refractivity contribution is -0.126. The standard InChI is InChI=1S/C19H34N4O2/c1-14-5-3-4-10-23(14)15(2)13-20-19(25)22-11-8-16(9-12-22)18(24)21-17-6-7-17/h14-17H,3-13H2,1-2H3,(H,20,25)(H,21,24). The van der Waals surface area contributed by atoms with Crippen molar-refractivity contribution in [1.82, 2.24) is 20.4 Å². The topological polar surface area (TPSA) is 64.7 Å². The number of hydrogen-bond acceptors (Lipinski definition) is 3. The molecular formula is C19H34N4O2. The molecule has 0 radical (unpaired) electrons. The highest BCUT2D eigenvalue weighted by atomic mass is 16.2. The van der Waals surface area contributed by atoms with Crippen LogP contribution in [0.15, 0.2) is 0 Å². The molecule has 1 saturated carbocycles. The van der Waals surface area contributed by atoms with Gasteiger partial charge in [-0.2, -0.15) is 0 Å². The van der Waals surface area contributed by atoms with E-state index in [-0.39, 0.29) is 17.9 Å². The number of piperidine rings is 2. The highest BCUT2D eigenvalue weighted by Gasteiger charge is 2.31. The molecule has 25 heavy (non-hydrogen) atoms. The van der Waals surface area contributed by atoms with Crippen molar-refractivity contribution in [2.24, 2.45) is 5.92 Å². The molecule has 2 heterocycles. The molecule has 3 fully saturated rings. The number of rotatable bonds is 5. The zero-order chi connectivity index (χ0) is 17.8. The fourth-order valence-corrected chi connectivity index (χ4v) is 4.13. The predicted octanol–water partition coefficient (Wildman–Crippen LogP) is 1.95. The highest BCUT2D eigenvalue weighted by Crippen LogP contribution is 2.23. The van der Waals surface area contributed by atoms with E-state index >= 15 is 0 Å². The molecule has 6 nitrogen and oxygen atoms in total. The number of urea groups is 1. The Bertz CT molecular complexity index is 472. The lowest BCUT2D eigenvalue weighted by atomic mass is 9.96. The molecule has 3 amide bonds. The van der Waals surface area contributed by atoms with Crippen molar-refractivity contribution < 1.29 is 9.59 Å². The van der Waals surface area contributed by atoms with Gasteiger partial charge in [-0.15, -0.1) is 0 Å². The number of amides is 3. The van der Waals surface area contributed by atoms with Crippen LogP contribution >= 0.6 is 0 Å². The molecule has 1 aliphatic carbocycles. The minimum Gasteiger partial charge on any atom is -0.353 e. The number of nitrogens with one attached hydrogen (secondary N) is 2. The third kappa shape index (κ3) is 5.09. The second kappa shape index (κ2) is 8.39. The Morgan fingerprint density at radius 1 is 1.04 bits per heavy atom. The monoisotopic (exact) mass is 350 g/mol. The van der Waals surface area contributed by atoms with Crippen molar-refractivity contribution in [2.45, 2.75) is 76.9 Å². The Morgan fingerprint density at radius 2 is 1.76 bits per heavy atom. The van der Waals surface area contributed by atoms with Gasteiger partial charge in [0.2, 0.25) is 5.91 Å². The van der Waals surface area contributed by atoms with Gasteiger partial charge in [-0.3, -0.25) is 9.69 Å². The maximum absolute atomic E-state index is 12.4. The van der Waals surface area contributed by atoms with Gasteiger partial charge in [-0.25, -0.2) is 4.79 Å². The van der Waals surface area contributed by atoms with Crippen molar-refractivity contribution >= 4 is 11.9 Å². The molecule has 142 valence electrons. The largest absolute Gasteiger partial charge is 0.353 e. The first-order valence-corrected chi connectivity index (χ1v) is 10.1. The molecular weight excluding hydrogens is 316 g/mol. The molecule has 2 saturated heterocycles. The maximum atomic E-state index is 12.4. The normalized spacial score (nSPS) is 27.0. The number of likely N-dealkylation sites (tertiary alicyclic amines) is 2. The average molecular weight is 351 g/mol. The Kier molecular flexibility index (Phi) is 6.20. The zero-order valence-electron chi connectivity index (χ0n) is 15.8. The van der Waals surface area contributed by atoms with E-state index in [1.165, 1.54) is 19.3 Å². The minimum absolute atomic E-state index is 0.0255. The van der Waals surface area contributed by atoms with Gasteiger partial charge in [0.15, 0.2) is 0 Å². The van der Waals surface area contributed by atoms with E-state index in [4.69, 9.17) is 0 Å². The molecule has 3 aliphatic rings. The third-order valence-electron chi connectivity index (χ3n) is 6.05. The second-order valence-electron chi connectivity index (χ2n) is 8.16. The molecule has 0 bridgehead atoms. The summed E-state index contributed by atoms with van der Waals surface area (Å²) in [5.74, 6) is 0.271. The van der Waals surface area contributed by atoms with E-state index in [1.807, 2.05) is 4.90 Å². The Morgan fingerprint density at radius 3 is 2.40 bits per heavy atom. The van der Waals surface area contributed by atoms with Crippen LogP contribution in [-0.2, 0) is 4.79 Å². The first kappa shape index (κ1) is 18.5. The molecule has 0 aromatic heterocycles. The maximum Gasteiger partial charge on any atom is 0.317 e. The Balaban J connectivity index is 1.36. The third-order valence-corrected chi connectivity index (χ3v) is 6.05. The van der Waals surface area contributed by atoms with E-state index in [1.54, 1.807) is 0 Å². The Labute approximate surface area is 151 Å². The molecule has 2 atom stereocenters. The summed E-state index contributed by atoms with van der Waals surface area (Å²) < 4.78 is 0. The molecule has 0 spiro atoms. The van der Waals surface area contributed by atoms with E-state index in [2.05, 4.69) is 29.4 Å². The molecule has 2 N–H and O–H groups in total. The predicted molar refractivity (Wildman–Crippen MR) is 98.3 cm³/mol. The summed E-state index contributed by atoms with van der Waals surface area (Å²) in [6.07, 6.45) is 7.66. The summed E-state index contributed by atoms with van der Waals surface area (Å²) in [4.78, 5) is 28.9. The van der Waals surface area contributed by atoms with Crippen LogP contribution in [-0.4, -0.2) is 66.0 Å². The van der Waals surface area contributed by atoms with Crippen LogP contribution in [0.1, 0.15) is 58.8 Å². The van der Waals surface area contributed by atoms with Crippen molar-refractivity contribution in [3.63, 3.8) is 0 Å². The summed E-state index contributed by atoms with van der Waals surface area (Å²) in [6.45, 7) is 7.70. The number of hydrogen-bond donors (Lipinski definition) is 2. The number of nitrogens with zero attached hydrogens (tertiary/aromatic N) is 2. The van der Waals surface area contributed by atoms with E-state index < -0.39 is 0 Å². The summed E-state index contributed by atoms with van der Waals surface area (Å²) in [5, 5.41) is 6.19. The van der Waals surface area contributed by atoms with Crippen molar-refractivity contribution in [2.75, 3.05) is 26.2 Å². The van der Waals surface area contributed by atoms with E-state index in [0.29, 0.717) is 37.8 Å². The van der Waals surface area contributed by atoms with Gasteiger partial charge >= 0.3 is 6.03 Å². The van der Waals surface area contributed by atoms with Gasteiger partial charge < -0.3 is 15.5 Å². The van der Waals surface area contributed by atoms with Gasteiger partial charge in [0.25, 0.3) is 0 Å². The summed E-state index contributed by atoms with van der Waals surface area (Å²) in [5.41, 5.74) is 0. The quantitative estimate of drug-likeness (QED) is 0.796. The van der Waals surface area contributed by atoms with Crippen LogP contribution < -0.4 is 10.6 Å². The lowest BCUT2D eigenvalue weighted by Gasteiger charge is -2.38. The second-order valence-corrected chi connectivity index (χ2v) is 8.16. The van der Waals surface area contributed by atoms with Crippen LogP contribution in [0.5, 0.6) is 0 Å². The fraction of sp³-hybridized carbons (Fsp3) is 0.895. The Hall–Kier alpha value is -1.30. The van der Waals surface area contributed by atoms with Gasteiger partial charge in [0, 0.05) is 43.7 Å². The molecule has 0 aromatic rings. The number of carbonyl (C=O) groups excluding carboxylic acids is 2. The smallest absolute Gasteiger partial charge is 0.317 e. The first-order valence-electron chi connectivity index (χ1n) is 10.1.